The number of rotatable bonds is 13. The Balaban J connectivity index is 0.731. The van der Waals surface area contributed by atoms with Crippen molar-refractivity contribution in [3.05, 3.63) is 11.6 Å². The van der Waals surface area contributed by atoms with Gasteiger partial charge < -0.3 is 108 Å². The van der Waals surface area contributed by atoms with Crippen LogP contribution in [0.25, 0.3) is 0 Å². The molecule has 9 aliphatic rings. The molecule has 8 fully saturated rings. The number of hydrogen-bond donors (Lipinski definition) is 11. The van der Waals surface area contributed by atoms with E-state index in [1.807, 2.05) is 13.0 Å². The minimum absolute atomic E-state index is 0.00356. The van der Waals surface area contributed by atoms with E-state index in [4.69, 9.17) is 52.1 Å². The van der Waals surface area contributed by atoms with Gasteiger partial charge in [-0.25, -0.2) is 0 Å². The highest BCUT2D eigenvalue weighted by Crippen LogP contribution is 2.69. The molecule has 0 spiro atoms. The minimum atomic E-state index is -2.11. The van der Waals surface area contributed by atoms with Gasteiger partial charge in [0, 0.05) is 50.0 Å². The van der Waals surface area contributed by atoms with Crippen LogP contribution in [-0.4, -0.2) is 234 Å². The first-order valence-corrected chi connectivity index (χ1v) is 27.1. The minimum Gasteiger partial charge on any atom is -0.394 e. The lowest BCUT2D eigenvalue weighted by molar-refractivity contribution is -0.357. The Bertz CT molecular complexity index is 1980. The van der Waals surface area contributed by atoms with Crippen molar-refractivity contribution >= 4 is 5.78 Å². The molecule has 0 bridgehead atoms. The van der Waals surface area contributed by atoms with Crippen molar-refractivity contribution < 1.29 is 113 Å². The summed E-state index contributed by atoms with van der Waals surface area (Å²) in [4.78, 5) is 12.7. The van der Waals surface area contributed by atoms with Crippen LogP contribution in [0.2, 0.25) is 0 Å². The third kappa shape index (κ3) is 10.2. The predicted octanol–water partition coefficient (Wildman–Crippen LogP) is -1.31. The maximum absolute atomic E-state index is 12.7. The fourth-order valence-corrected chi connectivity index (χ4v) is 14.9. The summed E-state index contributed by atoms with van der Waals surface area (Å²) >= 11 is 0. The number of aliphatic hydroxyl groups excluding tert-OH is 9. The second-order valence-electron chi connectivity index (χ2n) is 23.6. The lowest BCUT2D eigenvalue weighted by Crippen LogP contribution is -2.78. The van der Waals surface area contributed by atoms with Crippen molar-refractivity contribution in [1.82, 2.24) is 0 Å². The number of methoxy groups -OCH3 is 1. The second-order valence-corrected chi connectivity index (χ2v) is 23.6. The molecule has 23 nitrogen and oxygen atoms in total. The first kappa shape index (κ1) is 58.2. The van der Waals surface area contributed by atoms with Gasteiger partial charge in [0.05, 0.1) is 73.8 Å². The first-order valence-electron chi connectivity index (χ1n) is 27.1. The second kappa shape index (κ2) is 22.1. The van der Waals surface area contributed by atoms with E-state index in [1.54, 1.807) is 34.6 Å². The Morgan fingerprint density at radius 3 is 1.64 bits per heavy atom. The quantitative estimate of drug-likeness (QED) is 0.0954. The molecule has 11 N–H and O–H groups in total. The van der Waals surface area contributed by atoms with Crippen LogP contribution in [0.1, 0.15) is 113 Å². The lowest BCUT2D eigenvalue weighted by atomic mass is 9.42. The highest BCUT2D eigenvalue weighted by Gasteiger charge is 2.79. The molecule has 75 heavy (non-hydrogen) atoms. The number of carbonyl (C=O) groups is 1. The molecule has 30 atom stereocenters. The van der Waals surface area contributed by atoms with Crippen molar-refractivity contribution in [2.24, 2.45) is 22.7 Å². The van der Waals surface area contributed by atoms with Crippen LogP contribution in [0, 0.1) is 22.7 Å². The van der Waals surface area contributed by atoms with Gasteiger partial charge in [-0.2, -0.15) is 0 Å². The van der Waals surface area contributed by atoms with Gasteiger partial charge in [-0.1, -0.05) is 25.5 Å². The molecule has 0 aromatic heterocycles. The summed E-state index contributed by atoms with van der Waals surface area (Å²) in [6.07, 6.45) is -19.7. The first-order chi connectivity index (χ1) is 35.3. The molecule has 5 saturated heterocycles. The largest absolute Gasteiger partial charge is 0.394 e. The lowest BCUT2D eigenvalue weighted by Gasteiger charge is -2.66. The molecular weight excluding hydrogens is 993 g/mol. The Hall–Kier alpha value is -1.47. The summed E-state index contributed by atoms with van der Waals surface area (Å²) in [5, 5.41) is 123. The molecule has 0 aromatic carbocycles. The van der Waals surface area contributed by atoms with E-state index in [0.717, 1.165) is 5.57 Å². The number of Topliss-reactive ketones (excluding diaryl/α,β-unsaturated/α-hetero) is 1. The summed E-state index contributed by atoms with van der Waals surface area (Å²) in [7, 11) is 1.46. The van der Waals surface area contributed by atoms with Crippen LogP contribution in [0.3, 0.4) is 0 Å². The van der Waals surface area contributed by atoms with E-state index >= 15 is 0 Å². The van der Waals surface area contributed by atoms with Crippen molar-refractivity contribution in [2.75, 3.05) is 13.7 Å². The van der Waals surface area contributed by atoms with E-state index in [0.29, 0.717) is 19.3 Å². The number of hydrogen-bond acceptors (Lipinski definition) is 23. The van der Waals surface area contributed by atoms with Gasteiger partial charge in [0.15, 0.2) is 31.5 Å². The van der Waals surface area contributed by atoms with E-state index in [9.17, 15) is 61.0 Å². The smallest absolute Gasteiger partial charge is 0.187 e. The number of ether oxygens (including phenoxy) is 11. The van der Waals surface area contributed by atoms with Gasteiger partial charge in [-0.15, -0.1) is 0 Å². The fraction of sp³-hybridized carbons (Fsp3) is 0.942. The molecule has 3 saturated carbocycles. The van der Waals surface area contributed by atoms with Crippen molar-refractivity contribution in [3.8, 4) is 0 Å². The van der Waals surface area contributed by atoms with Crippen molar-refractivity contribution in [1.29, 1.82) is 0 Å². The van der Waals surface area contributed by atoms with E-state index in [2.05, 4.69) is 0 Å². The third-order valence-electron chi connectivity index (χ3n) is 19.2. The van der Waals surface area contributed by atoms with Crippen LogP contribution in [0.5, 0.6) is 0 Å². The summed E-state index contributed by atoms with van der Waals surface area (Å²) in [5.41, 5.74) is -4.94. The fourth-order valence-electron chi connectivity index (χ4n) is 14.9. The molecule has 4 aliphatic carbocycles. The highest BCUT2D eigenvalue weighted by atomic mass is 16.8. The zero-order valence-corrected chi connectivity index (χ0v) is 44.2. The van der Waals surface area contributed by atoms with E-state index in [1.165, 1.54) is 14.0 Å². The number of fused-ring (bicyclic) bond motifs is 5. The molecule has 5 heterocycles. The average Bonchev–Trinajstić information content (AvgIpc) is 3.73. The summed E-state index contributed by atoms with van der Waals surface area (Å²) in [6, 6.07) is 0. The molecule has 0 aromatic rings. The standard InChI is InChI=1S/C52H84O23/c1-21(54)28-14-36(59)52(64)50(28,7)35(58)19-34-49(6)11-10-27(13-26(49)9-12-51(34,52)63)70-37-15-29(55)44(22(2)66-37)72-38-16-30(56)45(23(3)67-38)73-39-17-31(57)46(24(4)68-39)74-40-18-32(65-8)47(25(5)69-40)75-48-43(62)42(61)41(60)33(20-53)71-48/h9,22-25,27-48,53,55-64H,10-20H2,1-8H3/t22-,23-,24+,25+,27+,28+,29-,30+,31-,32-,33-,34+,35-,36-,37+,38-,39-,40+,41+,42+,43+,44-,45-,46+,47+,48-,49+,50+,51+,52-/m1/s1. The highest BCUT2D eigenvalue weighted by molar-refractivity contribution is 5.80. The number of aliphatic hydroxyl groups is 11. The molecule has 0 unspecified atom stereocenters. The van der Waals surface area contributed by atoms with Crippen LogP contribution in [0.15, 0.2) is 11.6 Å². The monoisotopic (exact) mass is 1080 g/mol. The molecule has 430 valence electrons. The van der Waals surface area contributed by atoms with Crippen LogP contribution in [-0.2, 0) is 56.9 Å². The van der Waals surface area contributed by atoms with E-state index in [-0.39, 0.29) is 56.8 Å². The van der Waals surface area contributed by atoms with Gasteiger partial charge in [-0.05, 0) is 78.6 Å². The molecule has 9 rings (SSSR count). The topological polar surface area (TPSA) is 341 Å². The van der Waals surface area contributed by atoms with Gasteiger partial charge in [0.1, 0.15) is 65.8 Å². The van der Waals surface area contributed by atoms with Crippen LogP contribution < -0.4 is 0 Å². The van der Waals surface area contributed by atoms with Crippen molar-refractivity contribution in [3.63, 3.8) is 0 Å². The zero-order chi connectivity index (χ0) is 54.4. The third-order valence-corrected chi connectivity index (χ3v) is 19.2. The van der Waals surface area contributed by atoms with Gasteiger partial charge in [-0.3, -0.25) is 4.79 Å². The average molecular weight is 1080 g/mol. The molecule has 0 radical (unpaired) electrons. The maximum Gasteiger partial charge on any atom is 0.187 e. The van der Waals surface area contributed by atoms with Crippen LogP contribution in [0.4, 0.5) is 0 Å². The van der Waals surface area contributed by atoms with Crippen LogP contribution >= 0.6 is 0 Å². The summed E-state index contributed by atoms with van der Waals surface area (Å²) < 4.78 is 67.2. The predicted molar refractivity (Wildman–Crippen MR) is 254 cm³/mol. The Kier molecular flexibility index (Phi) is 17.2. The molecular formula is C52H84O23. The number of carbonyl (C=O) groups excluding carboxylic acids is 1. The number of ketones is 1. The maximum atomic E-state index is 12.7. The van der Waals surface area contributed by atoms with Gasteiger partial charge >= 0.3 is 0 Å². The molecule has 5 aliphatic heterocycles. The van der Waals surface area contributed by atoms with Gasteiger partial charge in [0.2, 0.25) is 0 Å². The van der Waals surface area contributed by atoms with E-state index < -0.39 is 182 Å². The van der Waals surface area contributed by atoms with Gasteiger partial charge in [0.25, 0.3) is 0 Å². The van der Waals surface area contributed by atoms with Crippen molar-refractivity contribution in [2.45, 2.75) is 271 Å². The zero-order valence-electron chi connectivity index (χ0n) is 44.2. The normalized spacial score (nSPS) is 55.3. The Morgan fingerprint density at radius 2 is 1.15 bits per heavy atom. The SMILES string of the molecule is CO[C@@H]1C[C@H](O[C@@H]2[C@H](O)C[C@@H](O[C@H]3[C@@H](O)C[C@@H](O[C@H]4[C@H](O)C[C@H](O[C@H]5CC[C@@]6(C)C(=CC[C@]7(O)[C@H]6C[C@@H](O)[C@]6(C)[C@H](C(C)=O)C[C@@H](O)[C@@]67O)C5)O[C@@H]4C)O[C@@H]3C)O[C@H]2C)O[C@@H](C)[C@@H]1O[C@H]1O[C@H](CO)[C@H](O)[C@H](O)[C@@H]1O. The Morgan fingerprint density at radius 1 is 0.640 bits per heavy atom. The molecule has 23 heteroatoms. The molecule has 0 amide bonds. The summed E-state index contributed by atoms with van der Waals surface area (Å²) in [5.74, 6) is -1.65. The Labute approximate surface area is 437 Å². The summed E-state index contributed by atoms with van der Waals surface area (Å²) in [6.45, 7) is 11.3.